The van der Waals surface area contributed by atoms with Crippen molar-refractivity contribution >= 4 is 12.0 Å². The number of hydrogen-bond acceptors (Lipinski definition) is 3. The number of likely N-dealkylation sites (N-methyl/N-ethyl adjacent to an activating group) is 1. The molecular weight excluding hydrogens is 365 g/mol. The van der Waals surface area contributed by atoms with Gasteiger partial charge in [-0.05, 0) is 30.2 Å². The van der Waals surface area contributed by atoms with Gasteiger partial charge >= 0.3 is 0 Å². The van der Waals surface area contributed by atoms with Crippen LogP contribution in [0.15, 0.2) is 60.7 Å². The monoisotopic (exact) mass is 395 g/mol. The number of rotatable bonds is 7. The molecule has 1 aliphatic heterocycles. The molecule has 0 aromatic heterocycles. The predicted octanol–water partition coefficient (Wildman–Crippen LogP) is 3.50. The maximum atomic E-state index is 13.4. The summed E-state index contributed by atoms with van der Waals surface area (Å²) in [7, 11) is 1.79. The molecule has 5 heteroatoms. The summed E-state index contributed by atoms with van der Waals surface area (Å²) in [5, 5.41) is 0. The van der Waals surface area contributed by atoms with E-state index in [1.807, 2.05) is 31.2 Å². The van der Waals surface area contributed by atoms with Gasteiger partial charge in [0, 0.05) is 46.3 Å². The van der Waals surface area contributed by atoms with Crippen molar-refractivity contribution in [3.05, 3.63) is 77.6 Å². The third-order valence-corrected chi connectivity index (χ3v) is 5.47. The first-order valence-corrected chi connectivity index (χ1v) is 10.2. The molecule has 0 bridgehead atoms. The van der Waals surface area contributed by atoms with Crippen molar-refractivity contribution in [3.63, 3.8) is 0 Å². The Labute approximate surface area is 173 Å². The van der Waals surface area contributed by atoms with E-state index in [1.165, 1.54) is 17.7 Å². The van der Waals surface area contributed by atoms with Crippen molar-refractivity contribution in [3.8, 4) is 0 Å². The first-order valence-electron chi connectivity index (χ1n) is 10.2. The van der Waals surface area contributed by atoms with Crippen LogP contribution in [0.4, 0.5) is 4.39 Å². The first-order chi connectivity index (χ1) is 14.0. The van der Waals surface area contributed by atoms with Crippen LogP contribution in [0.3, 0.4) is 0 Å². The van der Waals surface area contributed by atoms with Crippen LogP contribution in [0.5, 0.6) is 0 Å². The van der Waals surface area contributed by atoms with Crippen LogP contribution in [0.1, 0.15) is 18.1 Å². The lowest BCUT2D eigenvalue weighted by atomic mass is 10.1. The van der Waals surface area contributed by atoms with Gasteiger partial charge in [0.25, 0.3) is 0 Å². The largest absolute Gasteiger partial charge is 0.340 e. The quantitative estimate of drug-likeness (QED) is 0.718. The molecule has 1 atom stereocenters. The summed E-state index contributed by atoms with van der Waals surface area (Å²) >= 11 is 0. The number of halogens is 1. The lowest BCUT2D eigenvalue weighted by Gasteiger charge is -2.38. The van der Waals surface area contributed by atoms with E-state index < -0.39 is 0 Å². The van der Waals surface area contributed by atoms with Crippen LogP contribution >= 0.6 is 0 Å². The van der Waals surface area contributed by atoms with Crippen LogP contribution in [0.25, 0.3) is 6.08 Å². The van der Waals surface area contributed by atoms with Crippen LogP contribution in [0, 0.1) is 5.82 Å². The van der Waals surface area contributed by atoms with Gasteiger partial charge in [0.15, 0.2) is 0 Å². The molecule has 0 N–H and O–H groups in total. The molecule has 1 fully saturated rings. The van der Waals surface area contributed by atoms with Crippen molar-refractivity contribution < 1.29 is 9.18 Å². The van der Waals surface area contributed by atoms with E-state index in [1.54, 1.807) is 18.0 Å². The second-order valence-electron chi connectivity index (χ2n) is 7.65. The summed E-state index contributed by atoms with van der Waals surface area (Å²) in [6.07, 6.45) is 4.35. The van der Waals surface area contributed by atoms with Crippen molar-refractivity contribution in [2.45, 2.75) is 19.5 Å². The minimum atomic E-state index is -0.270. The van der Waals surface area contributed by atoms with Gasteiger partial charge in [0.05, 0.1) is 6.04 Å². The molecule has 2 aromatic rings. The molecule has 0 saturated carbocycles. The third kappa shape index (κ3) is 6.24. The normalized spacial score (nSPS) is 16.8. The van der Waals surface area contributed by atoms with Crippen molar-refractivity contribution in [1.29, 1.82) is 0 Å². The van der Waals surface area contributed by atoms with Crippen molar-refractivity contribution in [2.24, 2.45) is 0 Å². The molecule has 0 aliphatic carbocycles. The Kier molecular flexibility index (Phi) is 7.55. The minimum absolute atomic E-state index is 0.0756. The fourth-order valence-electron chi connectivity index (χ4n) is 3.70. The van der Waals surface area contributed by atoms with Gasteiger partial charge in [-0.2, -0.15) is 0 Å². The Balaban J connectivity index is 1.44. The highest BCUT2D eigenvalue weighted by molar-refractivity contribution is 5.81. The molecule has 1 heterocycles. The Morgan fingerprint density at radius 1 is 1.10 bits per heavy atom. The smallest absolute Gasteiger partial charge is 0.239 e. The van der Waals surface area contributed by atoms with Gasteiger partial charge in [-0.25, -0.2) is 4.39 Å². The lowest BCUT2D eigenvalue weighted by Crippen LogP contribution is -2.53. The summed E-state index contributed by atoms with van der Waals surface area (Å²) in [6, 6.07) is 16.6. The minimum Gasteiger partial charge on any atom is -0.340 e. The molecule has 1 saturated heterocycles. The van der Waals surface area contributed by atoms with Crippen LogP contribution in [-0.4, -0.2) is 66.4 Å². The van der Waals surface area contributed by atoms with E-state index in [4.69, 9.17) is 0 Å². The number of amides is 1. The zero-order valence-electron chi connectivity index (χ0n) is 17.3. The Morgan fingerprint density at radius 2 is 1.83 bits per heavy atom. The molecule has 0 spiro atoms. The molecule has 3 rings (SSSR count). The van der Waals surface area contributed by atoms with E-state index in [-0.39, 0.29) is 17.8 Å². The van der Waals surface area contributed by atoms with Crippen molar-refractivity contribution in [2.75, 3.05) is 39.8 Å². The summed E-state index contributed by atoms with van der Waals surface area (Å²) < 4.78 is 13.4. The Morgan fingerprint density at radius 3 is 2.52 bits per heavy atom. The van der Waals surface area contributed by atoms with Crippen LogP contribution in [0.2, 0.25) is 0 Å². The Hall–Kier alpha value is -2.50. The number of carbonyl (C=O) groups excluding carboxylic acids is 1. The molecule has 4 nitrogen and oxygen atoms in total. The first kappa shape index (κ1) is 21.2. The lowest BCUT2D eigenvalue weighted by molar-refractivity contribution is -0.136. The third-order valence-electron chi connectivity index (χ3n) is 5.47. The summed E-state index contributed by atoms with van der Waals surface area (Å²) in [6.45, 7) is 6.96. The zero-order valence-corrected chi connectivity index (χ0v) is 17.3. The fourth-order valence-corrected chi connectivity index (χ4v) is 3.70. The zero-order chi connectivity index (χ0) is 20.6. The molecule has 2 aromatic carbocycles. The van der Waals surface area contributed by atoms with Crippen LogP contribution in [-0.2, 0) is 11.3 Å². The van der Waals surface area contributed by atoms with E-state index in [0.717, 1.165) is 38.3 Å². The van der Waals surface area contributed by atoms with Gasteiger partial charge in [-0.15, -0.1) is 0 Å². The summed E-state index contributed by atoms with van der Waals surface area (Å²) in [5.41, 5.74) is 2.02. The SMILES string of the molecule is C[C@@H](C(=O)N(C)Cc1cccc(F)c1)N1CCN(C/C=C/c2ccccc2)CC1. The molecule has 1 amide bonds. The topological polar surface area (TPSA) is 26.8 Å². The summed E-state index contributed by atoms with van der Waals surface area (Å²) in [4.78, 5) is 19.1. The predicted molar refractivity (Wildman–Crippen MR) is 116 cm³/mol. The molecule has 154 valence electrons. The van der Waals surface area contributed by atoms with E-state index >= 15 is 0 Å². The number of piperazine rings is 1. The van der Waals surface area contributed by atoms with Gasteiger partial charge in [-0.3, -0.25) is 14.6 Å². The summed E-state index contributed by atoms with van der Waals surface area (Å²) in [5.74, 6) is -0.194. The van der Waals surface area contributed by atoms with Gasteiger partial charge < -0.3 is 4.90 Å². The molecule has 0 unspecified atom stereocenters. The fraction of sp³-hybridized carbons (Fsp3) is 0.375. The standard InChI is InChI=1S/C24H30FN3O/c1-20(24(29)26(2)19-22-10-6-12-23(25)18-22)28-16-14-27(15-17-28)13-7-11-21-8-4-3-5-9-21/h3-12,18,20H,13-17,19H2,1-2H3/b11-7+/t20-/m0/s1. The number of benzene rings is 2. The second-order valence-corrected chi connectivity index (χ2v) is 7.65. The average molecular weight is 396 g/mol. The number of nitrogens with zero attached hydrogens (tertiary/aromatic N) is 3. The molecular formula is C24H30FN3O. The highest BCUT2D eigenvalue weighted by atomic mass is 19.1. The highest BCUT2D eigenvalue weighted by Gasteiger charge is 2.27. The maximum absolute atomic E-state index is 13.4. The number of carbonyl (C=O) groups is 1. The molecule has 1 aliphatic rings. The van der Waals surface area contributed by atoms with E-state index in [2.05, 4.69) is 34.1 Å². The molecule has 0 radical (unpaired) electrons. The Bertz CT molecular complexity index is 816. The van der Waals surface area contributed by atoms with Gasteiger partial charge in [-0.1, -0.05) is 54.6 Å². The highest BCUT2D eigenvalue weighted by Crippen LogP contribution is 2.12. The van der Waals surface area contributed by atoms with E-state index in [0.29, 0.717) is 6.54 Å². The van der Waals surface area contributed by atoms with Crippen LogP contribution < -0.4 is 0 Å². The number of hydrogen-bond donors (Lipinski definition) is 0. The van der Waals surface area contributed by atoms with E-state index in [9.17, 15) is 9.18 Å². The van der Waals surface area contributed by atoms with Gasteiger partial charge in [0.1, 0.15) is 5.82 Å². The second kappa shape index (κ2) is 10.3. The average Bonchev–Trinajstić information content (AvgIpc) is 2.74. The van der Waals surface area contributed by atoms with Crippen molar-refractivity contribution in [1.82, 2.24) is 14.7 Å². The molecule has 29 heavy (non-hydrogen) atoms. The van der Waals surface area contributed by atoms with Gasteiger partial charge in [0.2, 0.25) is 5.91 Å². The maximum Gasteiger partial charge on any atom is 0.239 e.